The van der Waals surface area contributed by atoms with E-state index in [-0.39, 0.29) is 26.3 Å². The molecule has 0 atom stereocenters. The van der Waals surface area contributed by atoms with E-state index in [1.165, 1.54) is 16.8 Å². The topological polar surface area (TPSA) is 84.5 Å². The summed E-state index contributed by atoms with van der Waals surface area (Å²) in [5.41, 5.74) is -0.959. The van der Waals surface area contributed by atoms with Gasteiger partial charge in [-0.1, -0.05) is 0 Å². The summed E-state index contributed by atoms with van der Waals surface area (Å²) >= 11 is 0. The fraction of sp³-hybridized carbons (Fsp3) is 0.500. The number of hydrogen-bond acceptors (Lipinski definition) is 4. The lowest BCUT2D eigenvalue weighted by Crippen LogP contribution is -2.40. The Morgan fingerprint density at radius 1 is 1.14 bits per heavy atom. The van der Waals surface area contributed by atoms with E-state index in [9.17, 15) is 9.59 Å². The highest BCUT2D eigenvalue weighted by Gasteiger charge is 2.03. The van der Waals surface area contributed by atoms with Crippen molar-refractivity contribution in [2.24, 2.45) is 0 Å². The van der Waals surface area contributed by atoms with Crippen molar-refractivity contribution in [3.05, 3.63) is 33.1 Å². The monoisotopic (exact) mass is 200 g/mol. The number of aliphatic hydroxyl groups excluding tert-OH is 2. The summed E-state index contributed by atoms with van der Waals surface area (Å²) in [4.78, 5) is 22.6. The van der Waals surface area contributed by atoms with Gasteiger partial charge in [0.15, 0.2) is 0 Å². The van der Waals surface area contributed by atoms with Gasteiger partial charge in [-0.2, -0.15) is 0 Å². The molecule has 6 heteroatoms. The Labute approximate surface area is 79.7 Å². The molecule has 0 fully saturated rings. The van der Waals surface area contributed by atoms with Gasteiger partial charge >= 0.3 is 5.69 Å². The average Bonchev–Trinajstić information content (AvgIpc) is 2.17. The third-order valence-corrected chi connectivity index (χ3v) is 1.80. The molecule has 1 aromatic heterocycles. The van der Waals surface area contributed by atoms with E-state index in [1.807, 2.05) is 0 Å². The number of aromatic nitrogens is 2. The van der Waals surface area contributed by atoms with Gasteiger partial charge in [-0.3, -0.25) is 13.9 Å². The van der Waals surface area contributed by atoms with E-state index in [1.54, 1.807) is 0 Å². The van der Waals surface area contributed by atoms with Gasteiger partial charge in [-0.05, 0) is 0 Å². The van der Waals surface area contributed by atoms with Crippen molar-refractivity contribution in [1.82, 2.24) is 9.13 Å². The van der Waals surface area contributed by atoms with Gasteiger partial charge in [0.05, 0.1) is 26.3 Å². The van der Waals surface area contributed by atoms with Crippen LogP contribution < -0.4 is 11.2 Å². The van der Waals surface area contributed by atoms with Crippen LogP contribution in [0.3, 0.4) is 0 Å². The predicted octanol–water partition coefficient (Wildman–Crippen LogP) is -2.01. The Hall–Kier alpha value is -1.40. The molecule has 78 valence electrons. The second-order valence-electron chi connectivity index (χ2n) is 2.73. The van der Waals surface area contributed by atoms with Gasteiger partial charge in [0, 0.05) is 12.3 Å². The van der Waals surface area contributed by atoms with E-state index >= 15 is 0 Å². The number of rotatable bonds is 4. The summed E-state index contributed by atoms with van der Waals surface area (Å²) < 4.78 is 2.15. The fourth-order valence-corrected chi connectivity index (χ4v) is 1.14. The third-order valence-electron chi connectivity index (χ3n) is 1.80. The van der Waals surface area contributed by atoms with Crippen molar-refractivity contribution in [3.8, 4) is 0 Å². The predicted molar refractivity (Wildman–Crippen MR) is 49.1 cm³/mol. The van der Waals surface area contributed by atoms with Crippen LogP contribution in [0, 0.1) is 0 Å². The van der Waals surface area contributed by atoms with Gasteiger partial charge < -0.3 is 10.2 Å². The molecular formula is C8H12N2O4. The van der Waals surface area contributed by atoms with E-state index in [4.69, 9.17) is 10.2 Å². The zero-order chi connectivity index (χ0) is 10.6. The smallest absolute Gasteiger partial charge is 0.331 e. The van der Waals surface area contributed by atoms with E-state index in [0.717, 1.165) is 4.57 Å². The Balaban J connectivity index is 3.19. The Morgan fingerprint density at radius 3 is 2.36 bits per heavy atom. The molecule has 0 saturated carbocycles. The normalized spacial score (nSPS) is 10.4. The van der Waals surface area contributed by atoms with Crippen LogP contribution in [0.4, 0.5) is 0 Å². The molecule has 14 heavy (non-hydrogen) atoms. The first kappa shape index (κ1) is 10.7. The van der Waals surface area contributed by atoms with Crippen LogP contribution in [0.15, 0.2) is 21.9 Å². The fourth-order valence-electron chi connectivity index (χ4n) is 1.14. The molecule has 0 aliphatic heterocycles. The largest absolute Gasteiger partial charge is 0.395 e. The van der Waals surface area contributed by atoms with Gasteiger partial charge in [-0.15, -0.1) is 0 Å². The van der Waals surface area contributed by atoms with E-state index in [2.05, 4.69) is 0 Å². The Bertz CT molecular complexity index is 407. The minimum Gasteiger partial charge on any atom is -0.395 e. The Morgan fingerprint density at radius 2 is 1.79 bits per heavy atom. The molecule has 0 radical (unpaired) electrons. The first-order valence-corrected chi connectivity index (χ1v) is 4.22. The highest BCUT2D eigenvalue weighted by molar-refractivity contribution is 4.86. The van der Waals surface area contributed by atoms with Crippen LogP contribution in [-0.2, 0) is 13.1 Å². The van der Waals surface area contributed by atoms with Crippen LogP contribution in [0.2, 0.25) is 0 Å². The van der Waals surface area contributed by atoms with Crippen molar-refractivity contribution in [2.75, 3.05) is 13.2 Å². The SMILES string of the molecule is O=c1ccn(CCO)c(=O)n1CCO. The van der Waals surface area contributed by atoms with Crippen LogP contribution in [-0.4, -0.2) is 32.6 Å². The van der Waals surface area contributed by atoms with Crippen molar-refractivity contribution in [3.63, 3.8) is 0 Å². The maximum Gasteiger partial charge on any atom is 0.331 e. The maximum atomic E-state index is 11.5. The zero-order valence-corrected chi connectivity index (χ0v) is 7.59. The van der Waals surface area contributed by atoms with Gasteiger partial charge in [0.1, 0.15) is 0 Å². The highest BCUT2D eigenvalue weighted by Crippen LogP contribution is 1.78. The standard InChI is InChI=1S/C8H12N2O4/c11-5-3-9-2-1-7(13)10(4-6-12)8(9)14/h1-2,11-12H,3-6H2. The molecule has 0 aliphatic carbocycles. The number of hydrogen-bond donors (Lipinski definition) is 2. The lowest BCUT2D eigenvalue weighted by molar-refractivity contribution is 0.260. The first-order valence-electron chi connectivity index (χ1n) is 4.22. The molecule has 0 bridgehead atoms. The van der Waals surface area contributed by atoms with Crippen molar-refractivity contribution >= 4 is 0 Å². The maximum absolute atomic E-state index is 11.5. The summed E-state index contributed by atoms with van der Waals surface area (Å²) in [5.74, 6) is 0. The van der Waals surface area contributed by atoms with E-state index < -0.39 is 11.2 Å². The zero-order valence-electron chi connectivity index (χ0n) is 7.59. The minimum atomic E-state index is -0.513. The van der Waals surface area contributed by atoms with Gasteiger partial charge in [-0.25, -0.2) is 4.79 Å². The first-order chi connectivity index (χ1) is 6.70. The molecular weight excluding hydrogens is 188 g/mol. The Kier molecular flexibility index (Phi) is 3.61. The average molecular weight is 200 g/mol. The second kappa shape index (κ2) is 4.73. The quantitative estimate of drug-likeness (QED) is 0.588. The summed E-state index contributed by atoms with van der Waals surface area (Å²) in [6.45, 7) is -0.315. The molecule has 1 aromatic rings. The van der Waals surface area contributed by atoms with Gasteiger partial charge in [0.2, 0.25) is 0 Å². The van der Waals surface area contributed by atoms with Crippen LogP contribution in [0.5, 0.6) is 0 Å². The second-order valence-corrected chi connectivity index (χ2v) is 2.73. The summed E-state index contributed by atoms with van der Waals surface area (Å²) in [5, 5.41) is 17.3. The van der Waals surface area contributed by atoms with Crippen molar-refractivity contribution in [2.45, 2.75) is 13.1 Å². The van der Waals surface area contributed by atoms with Crippen molar-refractivity contribution in [1.29, 1.82) is 0 Å². The lowest BCUT2D eigenvalue weighted by Gasteiger charge is -2.06. The molecule has 6 nitrogen and oxygen atoms in total. The molecule has 0 unspecified atom stereocenters. The molecule has 0 saturated heterocycles. The lowest BCUT2D eigenvalue weighted by atomic mass is 10.5. The highest BCUT2D eigenvalue weighted by atomic mass is 16.3. The summed E-state index contributed by atoms with van der Waals surface area (Å²) in [6, 6.07) is 1.23. The molecule has 0 aliphatic rings. The molecule has 1 heterocycles. The molecule has 0 amide bonds. The van der Waals surface area contributed by atoms with E-state index in [0.29, 0.717) is 0 Å². The number of aliphatic hydroxyl groups is 2. The van der Waals surface area contributed by atoms with Crippen LogP contribution in [0.25, 0.3) is 0 Å². The van der Waals surface area contributed by atoms with Gasteiger partial charge in [0.25, 0.3) is 5.56 Å². The van der Waals surface area contributed by atoms with Crippen LogP contribution in [0.1, 0.15) is 0 Å². The third kappa shape index (κ3) is 2.09. The number of nitrogens with zero attached hydrogens (tertiary/aromatic N) is 2. The molecule has 0 spiro atoms. The summed E-state index contributed by atoms with van der Waals surface area (Å²) in [6.07, 6.45) is 1.33. The molecule has 2 N–H and O–H groups in total. The minimum absolute atomic E-state index is 0.0239. The van der Waals surface area contributed by atoms with Crippen molar-refractivity contribution < 1.29 is 10.2 Å². The summed E-state index contributed by atoms with van der Waals surface area (Å²) in [7, 11) is 0. The van der Waals surface area contributed by atoms with Crippen LogP contribution >= 0.6 is 0 Å². The molecule has 1 rings (SSSR count). The molecule has 0 aromatic carbocycles.